The van der Waals surface area contributed by atoms with Crippen LogP contribution >= 0.6 is 0 Å². The van der Waals surface area contributed by atoms with Crippen molar-refractivity contribution >= 4 is 75.8 Å². The molecule has 0 aliphatic carbocycles. The zero-order chi connectivity index (χ0) is 29.5. The number of furan rings is 1. The van der Waals surface area contributed by atoms with Gasteiger partial charge in [0.1, 0.15) is 11.2 Å². The van der Waals surface area contributed by atoms with Gasteiger partial charge in [-0.3, -0.25) is 0 Å². The summed E-state index contributed by atoms with van der Waals surface area (Å²) in [6.45, 7) is 0. The van der Waals surface area contributed by atoms with Gasteiger partial charge in [-0.2, -0.15) is 0 Å². The molecular formula is C44H26O. The van der Waals surface area contributed by atoms with Crippen LogP contribution in [-0.2, 0) is 0 Å². The molecule has 0 atom stereocenters. The molecule has 0 unspecified atom stereocenters. The fourth-order valence-corrected chi connectivity index (χ4v) is 7.77. The van der Waals surface area contributed by atoms with E-state index in [4.69, 9.17) is 4.42 Å². The molecule has 1 nitrogen and oxygen atoms in total. The van der Waals surface area contributed by atoms with Gasteiger partial charge in [-0.25, -0.2) is 0 Å². The molecule has 10 aromatic rings. The van der Waals surface area contributed by atoms with E-state index in [1.54, 1.807) is 0 Å². The minimum absolute atomic E-state index is 0.919. The Hall–Kier alpha value is -5.92. The van der Waals surface area contributed by atoms with E-state index >= 15 is 0 Å². The maximum absolute atomic E-state index is 6.53. The van der Waals surface area contributed by atoms with Gasteiger partial charge in [-0.05, 0) is 94.3 Å². The zero-order valence-electron chi connectivity index (χ0n) is 24.4. The van der Waals surface area contributed by atoms with Gasteiger partial charge >= 0.3 is 0 Å². The lowest BCUT2D eigenvalue weighted by molar-refractivity contribution is 0.669. The van der Waals surface area contributed by atoms with Crippen molar-refractivity contribution in [2.45, 2.75) is 0 Å². The smallest absolute Gasteiger partial charge is 0.136 e. The summed E-state index contributed by atoms with van der Waals surface area (Å²) in [7, 11) is 0. The quantitative estimate of drug-likeness (QED) is 0.149. The summed E-state index contributed by atoms with van der Waals surface area (Å²) in [5.74, 6) is 0. The molecule has 0 aliphatic heterocycles. The van der Waals surface area contributed by atoms with Gasteiger partial charge in [0.2, 0.25) is 0 Å². The van der Waals surface area contributed by atoms with Gasteiger partial charge in [-0.15, -0.1) is 0 Å². The molecule has 0 fully saturated rings. The van der Waals surface area contributed by atoms with Crippen LogP contribution in [0.4, 0.5) is 0 Å². The SMILES string of the molecule is c1ccc2c(c1)cc(-c1c3ccccc3c(-c3cc4oc5ccccc5c4c4ccccc34)c3ccccc13)c1ccccc12. The van der Waals surface area contributed by atoms with E-state index < -0.39 is 0 Å². The van der Waals surface area contributed by atoms with Crippen molar-refractivity contribution in [1.29, 1.82) is 0 Å². The molecule has 1 heterocycles. The summed E-state index contributed by atoms with van der Waals surface area (Å²) in [5.41, 5.74) is 6.82. The van der Waals surface area contributed by atoms with Gasteiger partial charge in [0.25, 0.3) is 0 Å². The molecule has 0 saturated carbocycles. The van der Waals surface area contributed by atoms with Crippen LogP contribution in [0, 0.1) is 0 Å². The number of benzene rings is 9. The molecular weight excluding hydrogens is 544 g/mol. The second kappa shape index (κ2) is 9.29. The Morgan fingerprint density at radius 2 is 0.711 bits per heavy atom. The minimum atomic E-state index is 0.919. The third-order valence-corrected chi connectivity index (χ3v) is 9.62. The van der Waals surface area contributed by atoms with E-state index in [0.717, 1.165) is 16.6 Å². The molecule has 0 bridgehead atoms. The highest BCUT2D eigenvalue weighted by atomic mass is 16.3. The second-order valence-electron chi connectivity index (χ2n) is 12.0. The van der Waals surface area contributed by atoms with Crippen LogP contribution in [-0.4, -0.2) is 0 Å². The third-order valence-electron chi connectivity index (χ3n) is 9.62. The number of para-hydroxylation sites is 1. The summed E-state index contributed by atoms with van der Waals surface area (Å²) in [5, 5.41) is 14.9. The van der Waals surface area contributed by atoms with Crippen LogP contribution in [0.5, 0.6) is 0 Å². The Morgan fingerprint density at radius 3 is 1.33 bits per heavy atom. The molecule has 0 saturated heterocycles. The first-order valence-corrected chi connectivity index (χ1v) is 15.5. The molecule has 0 aliphatic rings. The van der Waals surface area contributed by atoms with Crippen LogP contribution in [0.3, 0.4) is 0 Å². The van der Waals surface area contributed by atoms with Crippen molar-refractivity contribution in [3.8, 4) is 22.3 Å². The van der Waals surface area contributed by atoms with E-state index in [1.807, 2.05) is 6.07 Å². The second-order valence-corrected chi connectivity index (χ2v) is 12.0. The topological polar surface area (TPSA) is 13.1 Å². The van der Waals surface area contributed by atoms with Crippen molar-refractivity contribution in [2.75, 3.05) is 0 Å². The minimum Gasteiger partial charge on any atom is -0.456 e. The zero-order valence-corrected chi connectivity index (χ0v) is 24.4. The van der Waals surface area contributed by atoms with Gasteiger partial charge < -0.3 is 4.42 Å². The summed E-state index contributed by atoms with van der Waals surface area (Å²) in [4.78, 5) is 0. The summed E-state index contributed by atoms with van der Waals surface area (Å²) >= 11 is 0. The number of rotatable bonds is 2. The molecule has 0 spiro atoms. The van der Waals surface area contributed by atoms with Gasteiger partial charge in [0, 0.05) is 10.8 Å². The van der Waals surface area contributed by atoms with Crippen LogP contribution in [0.2, 0.25) is 0 Å². The first-order chi connectivity index (χ1) is 22.3. The van der Waals surface area contributed by atoms with Crippen LogP contribution in [0.25, 0.3) is 98.1 Å². The van der Waals surface area contributed by atoms with Gasteiger partial charge in [0.15, 0.2) is 0 Å². The van der Waals surface area contributed by atoms with Crippen LogP contribution < -0.4 is 0 Å². The Morgan fingerprint density at radius 1 is 0.289 bits per heavy atom. The highest BCUT2D eigenvalue weighted by Crippen LogP contribution is 2.49. The average Bonchev–Trinajstić information content (AvgIpc) is 3.49. The largest absolute Gasteiger partial charge is 0.456 e. The highest BCUT2D eigenvalue weighted by molar-refractivity contribution is 6.29. The molecule has 208 valence electrons. The number of hydrogen-bond acceptors (Lipinski definition) is 1. The fraction of sp³-hybridized carbons (Fsp3) is 0. The Balaban J connectivity index is 1.40. The Labute approximate surface area is 259 Å². The van der Waals surface area contributed by atoms with E-state index in [-0.39, 0.29) is 0 Å². The Bertz CT molecular complexity index is 2760. The first-order valence-electron chi connectivity index (χ1n) is 15.5. The predicted octanol–water partition coefficient (Wildman–Crippen LogP) is 12.7. The molecule has 1 heteroatoms. The maximum atomic E-state index is 6.53. The van der Waals surface area contributed by atoms with E-state index in [9.17, 15) is 0 Å². The van der Waals surface area contributed by atoms with Gasteiger partial charge in [0.05, 0.1) is 0 Å². The lowest BCUT2D eigenvalue weighted by Gasteiger charge is -2.20. The monoisotopic (exact) mass is 570 g/mol. The lowest BCUT2D eigenvalue weighted by Crippen LogP contribution is -1.93. The van der Waals surface area contributed by atoms with Crippen molar-refractivity contribution in [3.05, 3.63) is 158 Å². The molecule has 0 N–H and O–H groups in total. The van der Waals surface area contributed by atoms with Crippen molar-refractivity contribution in [1.82, 2.24) is 0 Å². The van der Waals surface area contributed by atoms with Crippen LogP contribution in [0.1, 0.15) is 0 Å². The summed E-state index contributed by atoms with van der Waals surface area (Å²) < 4.78 is 6.53. The highest BCUT2D eigenvalue weighted by Gasteiger charge is 2.21. The molecule has 1 aromatic heterocycles. The third kappa shape index (κ3) is 3.44. The molecule has 10 rings (SSSR count). The summed E-state index contributed by atoms with van der Waals surface area (Å²) in [6.07, 6.45) is 0. The van der Waals surface area contributed by atoms with E-state index in [1.165, 1.54) is 81.5 Å². The summed E-state index contributed by atoms with van der Waals surface area (Å²) in [6, 6.07) is 57.3. The first kappa shape index (κ1) is 24.5. The number of fused-ring (bicyclic) bond motifs is 10. The van der Waals surface area contributed by atoms with E-state index in [2.05, 4.69) is 152 Å². The maximum Gasteiger partial charge on any atom is 0.136 e. The molecule has 0 radical (unpaired) electrons. The average molecular weight is 571 g/mol. The Kier molecular flexibility index (Phi) is 5.06. The fourth-order valence-electron chi connectivity index (χ4n) is 7.77. The van der Waals surface area contributed by atoms with Crippen LogP contribution in [0.15, 0.2) is 162 Å². The molecule has 0 amide bonds. The lowest BCUT2D eigenvalue weighted by atomic mass is 9.82. The predicted molar refractivity (Wildman–Crippen MR) is 192 cm³/mol. The number of hydrogen-bond donors (Lipinski definition) is 0. The van der Waals surface area contributed by atoms with Crippen molar-refractivity contribution in [2.24, 2.45) is 0 Å². The molecule has 9 aromatic carbocycles. The standard InChI is InChI=1S/C44H26O/c1-2-14-28-27(13-1)25-38(30-16-4-3-15-29(28)30)42-33-19-7-9-21-35(33)43(36-22-10-8-20-34(36)42)39-26-41-44(32-18-6-5-17-31(32)39)37-23-11-12-24-40(37)45-41/h1-26H. The van der Waals surface area contributed by atoms with Crippen molar-refractivity contribution < 1.29 is 4.42 Å². The van der Waals surface area contributed by atoms with Gasteiger partial charge in [-0.1, -0.05) is 140 Å². The van der Waals surface area contributed by atoms with E-state index in [0.29, 0.717) is 0 Å². The molecule has 45 heavy (non-hydrogen) atoms. The normalized spacial score (nSPS) is 12.0. The van der Waals surface area contributed by atoms with Crippen molar-refractivity contribution in [3.63, 3.8) is 0 Å².